The quantitative estimate of drug-likeness (QED) is 0.744. The highest BCUT2D eigenvalue weighted by atomic mass is 16.5. The third-order valence-corrected chi connectivity index (χ3v) is 4.44. The fourth-order valence-corrected chi connectivity index (χ4v) is 3.03. The Balaban J connectivity index is 1.44. The second-order valence-corrected chi connectivity index (χ2v) is 6.24. The fourth-order valence-electron chi connectivity index (χ4n) is 3.03. The lowest BCUT2D eigenvalue weighted by Crippen LogP contribution is -2.31. The average molecular weight is 343 g/mol. The second-order valence-electron chi connectivity index (χ2n) is 6.24. The van der Waals surface area contributed by atoms with Crippen molar-refractivity contribution >= 4 is 5.91 Å². The van der Waals surface area contributed by atoms with Crippen LogP contribution in [0.15, 0.2) is 30.3 Å². The van der Waals surface area contributed by atoms with E-state index in [0.29, 0.717) is 31.5 Å². The number of hydrogen-bond acceptors (Lipinski definition) is 5. The number of amides is 1. The van der Waals surface area contributed by atoms with E-state index in [9.17, 15) is 4.79 Å². The van der Waals surface area contributed by atoms with Crippen LogP contribution in [0.2, 0.25) is 0 Å². The highest BCUT2D eigenvalue weighted by Gasteiger charge is 2.22. The zero-order chi connectivity index (χ0) is 17.5. The number of piperidine rings is 1. The maximum Gasteiger partial charge on any atom is 0.273 e. The van der Waals surface area contributed by atoms with Crippen LogP contribution in [0, 0.1) is 6.92 Å². The monoisotopic (exact) mass is 343 g/mol. The molecular formula is C18H25N5O2. The maximum atomic E-state index is 12.3. The van der Waals surface area contributed by atoms with Crippen molar-refractivity contribution < 1.29 is 9.53 Å². The molecule has 1 fully saturated rings. The van der Waals surface area contributed by atoms with Crippen LogP contribution in [0.3, 0.4) is 0 Å². The Hall–Kier alpha value is -2.25. The summed E-state index contributed by atoms with van der Waals surface area (Å²) in [7, 11) is 0. The van der Waals surface area contributed by atoms with Gasteiger partial charge in [0.05, 0.1) is 24.9 Å². The van der Waals surface area contributed by atoms with E-state index in [1.54, 1.807) is 0 Å². The van der Waals surface area contributed by atoms with Gasteiger partial charge < -0.3 is 15.4 Å². The molecule has 0 saturated carbocycles. The number of nitrogens with zero attached hydrogens (tertiary/aromatic N) is 3. The lowest BCUT2D eigenvalue weighted by molar-refractivity contribution is 0.0895. The summed E-state index contributed by atoms with van der Waals surface area (Å²) in [4.78, 5) is 12.3. The van der Waals surface area contributed by atoms with Crippen molar-refractivity contribution in [2.75, 3.05) is 26.2 Å². The summed E-state index contributed by atoms with van der Waals surface area (Å²) in [5.41, 5.74) is 2.35. The van der Waals surface area contributed by atoms with Gasteiger partial charge in [-0.05, 0) is 38.4 Å². The molecule has 0 radical (unpaired) electrons. The van der Waals surface area contributed by atoms with Gasteiger partial charge in [-0.15, -0.1) is 5.10 Å². The Morgan fingerprint density at radius 2 is 2.08 bits per heavy atom. The molecule has 0 atom stereocenters. The Morgan fingerprint density at radius 3 is 2.84 bits per heavy atom. The zero-order valence-electron chi connectivity index (χ0n) is 14.6. The first kappa shape index (κ1) is 17.6. The number of carbonyl (C=O) groups is 1. The van der Waals surface area contributed by atoms with Gasteiger partial charge in [-0.1, -0.05) is 35.5 Å². The van der Waals surface area contributed by atoms with Crippen LogP contribution in [0.25, 0.3) is 0 Å². The van der Waals surface area contributed by atoms with E-state index >= 15 is 0 Å². The molecule has 1 aromatic heterocycles. The van der Waals surface area contributed by atoms with Gasteiger partial charge in [0.1, 0.15) is 0 Å². The molecule has 1 aliphatic rings. The Kier molecular flexibility index (Phi) is 6.14. The lowest BCUT2D eigenvalue weighted by Gasteiger charge is -2.23. The topological polar surface area (TPSA) is 81.1 Å². The molecule has 7 nitrogen and oxygen atoms in total. The van der Waals surface area contributed by atoms with E-state index in [4.69, 9.17) is 4.74 Å². The lowest BCUT2D eigenvalue weighted by atomic mass is 10.1. The predicted molar refractivity (Wildman–Crippen MR) is 94.3 cm³/mol. The minimum Gasteiger partial charge on any atom is -0.375 e. The van der Waals surface area contributed by atoms with E-state index in [0.717, 1.165) is 37.2 Å². The van der Waals surface area contributed by atoms with E-state index in [2.05, 4.69) is 20.9 Å². The molecule has 0 unspecified atom stereocenters. The van der Waals surface area contributed by atoms with Crippen LogP contribution in [-0.4, -0.2) is 47.1 Å². The van der Waals surface area contributed by atoms with Crippen LogP contribution in [0.1, 0.15) is 40.6 Å². The van der Waals surface area contributed by atoms with Gasteiger partial charge in [-0.25, -0.2) is 4.68 Å². The van der Waals surface area contributed by atoms with Crippen molar-refractivity contribution in [3.05, 3.63) is 47.3 Å². The Bertz CT molecular complexity index is 680. The van der Waals surface area contributed by atoms with Gasteiger partial charge in [-0.3, -0.25) is 4.79 Å². The van der Waals surface area contributed by atoms with Gasteiger partial charge >= 0.3 is 0 Å². The minimum atomic E-state index is -0.194. The van der Waals surface area contributed by atoms with Crippen molar-refractivity contribution in [1.82, 2.24) is 25.6 Å². The molecular weight excluding hydrogens is 318 g/mol. The number of aromatic nitrogens is 3. The van der Waals surface area contributed by atoms with E-state index in [1.807, 2.05) is 41.9 Å². The summed E-state index contributed by atoms with van der Waals surface area (Å²) >= 11 is 0. The van der Waals surface area contributed by atoms with Gasteiger partial charge in [0.15, 0.2) is 5.69 Å². The summed E-state index contributed by atoms with van der Waals surface area (Å²) in [6.07, 6.45) is 2.02. The molecule has 0 spiro atoms. The van der Waals surface area contributed by atoms with E-state index in [-0.39, 0.29) is 5.91 Å². The molecule has 1 aromatic carbocycles. The van der Waals surface area contributed by atoms with Crippen LogP contribution in [-0.2, 0) is 11.3 Å². The minimum absolute atomic E-state index is 0.194. The number of benzene rings is 1. The van der Waals surface area contributed by atoms with Crippen molar-refractivity contribution in [3.63, 3.8) is 0 Å². The largest absolute Gasteiger partial charge is 0.375 e. The molecule has 1 amide bonds. The number of hydrogen-bond donors (Lipinski definition) is 2. The molecule has 2 N–H and O–H groups in total. The maximum absolute atomic E-state index is 12.3. The van der Waals surface area contributed by atoms with Crippen molar-refractivity contribution in [3.8, 4) is 0 Å². The standard InChI is InChI=1S/C18H25N5O2/c1-14-17(21-22-23(14)16-7-9-19-10-8-16)18(24)20-11-12-25-13-15-5-3-2-4-6-15/h2-6,16,19H,7-13H2,1H3,(H,20,24). The highest BCUT2D eigenvalue weighted by molar-refractivity contribution is 5.93. The van der Waals surface area contributed by atoms with E-state index in [1.165, 1.54) is 0 Å². The normalized spacial score (nSPS) is 15.2. The SMILES string of the molecule is Cc1c(C(=O)NCCOCc2ccccc2)nnn1C1CCNCC1. The molecule has 1 aliphatic heterocycles. The molecule has 0 aliphatic carbocycles. The van der Waals surface area contributed by atoms with E-state index < -0.39 is 0 Å². The van der Waals surface area contributed by atoms with Crippen LogP contribution < -0.4 is 10.6 Å². The molecule has 2 aromatic rings. The second kappa shape index (κ2) is 8.73. The van der Waals surface area contributed by atoms with Crippen molar-refractivity contribution in [1.29, 1.82) is 0 Å². The number of rotatable bonds is 7. The van der Waals surface area contributed by atoms with Crippen LogP contribution in [0.5, 0.6) is 0 Å². The smallest absolute Gasteiger partial charge is 0.273 e. The zero-order valence-corrected chi connectivity index (χ0v) is 14.6. The average Bonchev–Trinajstić information content (AvgIpc) is 3.04. The molecule has 7 heteroatoms. The summed E-state index contributed by atoms with van der Waals surface area (Å²) in [6, 6.07) is 10.3. The van der Waals surface area contributed by atoms with Crippen LogP contribution >= 0.6 is 0 Å². The Morgan fingerprint density at radius 1 is 1.32 bits per heavy atom. The highest BCUT2D eigenvalue weighted by Crippen LogP contribution is 2.20. The molecule has 25 heavy (non-hydrogen) atoms. The molecule has 1 saturated heterocycles. The molecule has 3 rings (SSSR count). The summed E-state index contributed by atoms with van der Waals surface area (Å²) in [5, 5.41) is 14.4. The van der Waals surface area contributed by atoms with Gasteiger partial charge in [0.2, 0.25) is 0 Å². The number of ether oxygens (including phenoxy) is 1. The number of nitrogens with one attached hydrogen (secondary N) is 2. The summed E-state index contributed by atoms with van der Waals surface area (Å²) < 4.78 is 7.46. The molecule has 0 bridgehead atoms. The number of carbonyl (C=O) groups excluding carboxylic acids is 1. The molecule has 134 valence electrons. The van der Waals surface area contributed by atoms with Crippen molar-refractivity contribution in [2.24, 2.45) is 0 Å². The van der Waals surface area contributed by atoms with Gasteiger partial charge in [0, 0.05) is 6.54 Å². The summed E-state index contributed by atoms with van der Waals surface area (Å²) in [6.45, 7) is 5.31. The first-order valence-electron chi connectivity index (χ1n) is 8.78. The summed E-state index contributed by atoms with van der Waals surface area (Å²) in [5.74, 6) is -0.194. The fraction of sp³-hybridized carbons (Fsp3) is 0.500. The van der Waals surface area contributed by atoms with Gasteiger partial charge in [0.25, 0.3) is 5.91 Å². The van der Waals surface area contributed by atoms with Crippen molar-refractivity contribution in [2.45, 2.75) is 32.4 Å². The predicted octanol–water partition coefficient (Wildman–Crippen LogP) is 1.46. The third-order valence-electron chi connectivity index (χ3n) is 4.44. The third kappa shape index (κ3) is 4.64. The van der Waals surface area contributed by atoms with Crippen LogP contribution in [0.4, 0.5) is 0 Å². The first-order valence-corrected chi connectivity index (χ1v) is 8.78. The molecule has 2 heterocycles. The van der Waals surface area contributed by atoms with Gasteiger partial charge in [-0.2, -0.15) is 0 Å². The first-order chi connectivity index (χ1) is 12.3. The Labute approximate surface area is 147 Å².